The molecule has 0 saturated heterocycles. The van der Waals surface area contributed by atoms with Gasteiger partial charge < -0.3 is 31.2 Å². The van der Waals surface area contributed by atoms with Gasteiger partial charge in [-0.05, 0) is 123 Å². The van der Waals surface area contributed by atoms with Crippen molar-refractivity contribution in [2.45, 2.75) is 134 Å². The van der Waals surface area contributed by atoms with Gasteiger partial charge in [-0.25, -0.2) is 4.99 Å². The molecule has 1 aromatic carbocycles. The van der Waals surface area contributed by atoms with Crippen molar-refractivity contribution in [3.63, 3.8) is 0 Å². The van der Waals surface area contributed by atoms with Crippen molar-refractivity contribution in [3.8, 4) is 23.3 Å². The fourth-order valence-electron chi connectivity index (χ4n) is 10.0. The number of methoxy groups -OCH3 is 1. The first-order valence-corrected chi connectivity index (χ1v) is 19.9. The topological polar surface area (TPSA) is 140 Å². The van der Waals surface area contributed by atoms with Gasteiger partial charge in [-0.15, -0.1) is 0 Å². The van der Waals surface area contributed by atoms with E-state index in [0.29, 0.717) is 37.0 Å². The summed E-state index contributed by atoms with van der Waals surface area (Å²) in [6.07, 6.45) is 20.5. The molecular formula is C43H61N3O5. The number of nitrogens with zero attached hydrogens (tertiary/aromatic N) is 1. The summed E-state index contributed by atoms with van der Waals surface area (Å²) in [5.74, 6) is 9.39. The number of hydrogen-bond acceptors (Lipinski definition) is 6. The van der Waals surface area contributed by atoms with Crippen molar-refractivity contribution in [3.05, 3.63) is 46.1 Å². The van der Waals surface area contributed by atoms with E-state index in [0.717, 1.165) is 86.5 Å². The zero-order valence-electron chi connectivity index (χ0n) is 31.0. The number of aliphatic imine (C=N–C) groups is 1. The smallest absolute Gasteiger partial charge is 0.186 e. The molecule has 6 unspecified atom stereocenters. The van der Waals surface area contributed by atoms with Crippen LogP contribution in [0.25, 0.3) is 0 Å². The molecule has 6 atom stereocenters. The molecular weight excluding hydrogens is 638 g/mol. The summed E-state index contributed by atoms with van der Waals surface area (Å²) >= 11 is 0. The Kier molecular flexibility index (Phi) is 12.9. The second-order valence-electron chi connectivity index (χ2n) is 16.3. The zero-order chi connectivity index (χ0) is 35.9. The molecule has 0 aromatic heterocycles. The van der Waals surface area contributed by atoms with E-state index in [9.17, 15) is 15.0 Å². The highest BCUT2D eigenvalue weighted by atomic mass is 16.5. The Hall–Kier alpha value is -3.28. The summed E-state index contributed by atoms with van der Waals surface area (Å²) in [6, 6.07) is 1.79. The zero-order valence-corrected chi connectivity index (χ0v) is 31.0. The third-order valence-electron chi connectivity index (χ3n) is 12.6. The molecule has 51 heavy (non-hydrogen) atoms. The lowest BCUT2D eigenvalue weighted by Gasteiger charge is -2.47. The summed E-state index contributed by atoms with van der Waals surface area (Å²) < 4.78 is 12.6. The largest absolute Gasteiger partial charge is 0.504 e. The number of ether oxygens (including phenoxy) is 2. The number of phenols is 1. The van der Waals surface area contributed by atoms with Gasteiger partial charge in [0.05, 0.1) is 25.4 Å². The number of phenolic OH excluding ortho intramolecular Hbond substituents is 1. The minimum atomic E-state index is -0.167. The van der Waals surface area contributed by atoms with Crippen molar-refractivity contribution in [1.29, 1.82) is 0 Å². The maximum absolute atomic E-state index is 13.5. The Labute approximate surface area is 305 Å². The molecule has 0 heterocycles. The molecule has 3 saturated carbocycles. The van der Waals surface area contributed by atoms with Crippen LogP contribution in [-0.2, 0) is 16.0 Å². The number of rotatable bonds is 13. The average Bonchev–Trinajstić information content (AvgIpc) is 3.82. The van der Waals surface area contributed by atoms with E-state index in [-0.39, 0.29) is 66.3 Å². The number of hydrogen-bond donors (Lipinski definition) is 4. The predicted molar refractivity (Wildman–Crippen MR) is 203 cm³/mol. The Morgan fingerprint density at radius 2 is 1.84 bits per heavy atom. The SMILES string of the molecule is COCC1C2C=C3CCC(C)CC3C1c1c(O)c(OC3CCCC3)cc(CCC(=O)C=C(CO)CCC3CCCC3)c1C#CCC(N=C(N)N)C2. The second-order valence-corrected chi connectivity index (χ2v) is 16.3. The molecule has 8 heteroatoms. The molecule has 5 aliphatic rings. The number of aromatic hydroxyl groups is 1. The van der Waals surface area contributed by atoms with Gasteiger partial charge in [-0.1, -0.05) is 56.1 Å². The highest BCUT2D eigenvalue weighted by Gasteiger charge is 2.46. The van der Waals surface area contributed by atoms with Gasteiger partial charge in [0, 0.05) is 37.0 Å². The molecule has 0 radical (unpaired) electrons. The van der Waals surface area contributed by atoms with E-state index < -0.39 is 0 Å². The quantitative estimate of drug-likeness (QED) is 0.0560. The molecule has 6 rings (SSSR count). The first-order chi connectivity index (χ1) is 24.7. The molecule has 6 N–H and O–H groups in total. The molecule has 0 amide bonds. The highest BCUT2D eigenvalue weighted by Crippen LogP contribution is 2.56. The van der Waals surface area contributed by atoms with Gasteiger partial charge in [0.25, 0.3) is 0 Å². The number of benzene rings is 1. The average molecular weight is 700 g/mol. The molecule has 1 aromatic rings. The van der Waals surface area contributed by atoms with E-state index >= 15 is 0 Å². The number of aliphatic hydroxyl groups excluding tert-OH is 1. The van der Waals surface area contributed by atoms with Crippen LogP contribution >= 0.6 is 0 Å². The van der Waals surface area contributed by atoms with Crippen molar-refractivity contribution in [2.75, 3.05) is 20.3 Å². The van der Waals surface area contributed by atoms with Crippen LogP contribution in [0.1, 0.15) is 132 Å². The van der Waals surface area contributed by atoms with Crippen LogP contribution in [0.3, 0.4) is 0 Å². The summed E-state index contributed by atoms with van der Waals surface area (Å²) in [6.45, 7) is 2.78. The maximum atomic E-state index is 13.5. The number of aryl methyl sites for hydroxylation is 1. The number of carbonyl (C=O) groups is 1. The van der Waals surface area contributed by atoms with Crippen LogP contribution in [0.4, 0.5) is 0 Å². The van der Waals surface area contributed by atoms with Crippen LogP contribution in [0.5, 0.6) is 11.5 Å². The summed E-state index contributed by atoms with van der Waals surface area (Å²) in [5, 5.41) is 22.5. The molecule has 2 bridgehead atoms. The van der Waals surface area contributed by atoms with E-state index in [1.807, 2.05) is 6.07 Å². The highest BCUT2D eigenvalue weighted by molar-refractivity contribution is 5.90. The molecule has 3 fully saturated rings. The van der Waals surface area contributed by atoms with E-state index in [4.69, 9.17) is 20.9 Å². The van der Waals surface area contributed by atoms with Crippen molar-refractivity contribution in [1.82, 2.24) is 0 Å². The third kappa shape index (κ3) is 9.21. The van der Waals surface area contributed by atoms with Crippen LogP contribution in [0, 0.1) is 41.4 Å². The van der Waals surface area contributed by atoms with E-state index in [1.54, 1.807) is 13.2 Å². The minimum Gasteiger partial charge on any atom is -0.504 e. The lowest BCUT2D eigenvalue weighted by atomic mass is 9.58. The van der Waals surface area contributed by atoms with E-state index in [2.05, 4.69) is 29.8 Å². The fraction of sp³-hybridized carbons (Fsp3) is 0.674. The van der Waals surface area contributed by atoms with Crippen LogP contribution in [-0.4, -0.2) is 54.4 Å². The lowest BCUT2D eigenvalue weighted by molar-refractivity contribution is -0.114. The number of ketones is 1. The van der Waals surface area contributed by atoms with Crippen molar-refractivity contribution in [2.24, 2.45) is 46.0 Å². The Balaban J connectivity index is 1.43. The fourth-order valence-corrected chi connectivity index (χ4v) is 10.0. The van der Waals surface area contributed by atoms with Gasteiger partial charge >= 0.3 is 0 Å². The van der Waals surface area contributed by atoms with Gasteiger partial charge in [0.1, 0.15) is 0 Å². The number of nitrogens with two attached hydrogens (primary N) is 2. The normalized spacial score (nSPS) is 28.2. The number of allylic oxidation sites excluding steroid dienone is 3. The molecule has 0 spiro atoms. The van der Waals surface area contributed by atoms with Gasteiger partial charge in [-0.3, -0.25) is 4.79 Å². The number of fused-ring (bicyclic) bond motifs is 6. The van der Waals surface area contributed by atoms with Crippen LogP contribution in [0.2, 0.25) is 0 Å². The van der Waals surface area contributed by atoms with Crippen molar-refractivity contribution >= 4 is 11.7 Å². The van der Waals surface area contributed by atoms with Gasteiger partial charge in [-0.2, -0.15) is 0 Å². The Morgan fingerprint density at radius 3 is 2.57 bits per heavy atom. The van der Waals surface area contributed by atoms with Gasteiger partial charge in [0.2, 0.25) is 0 Å². The van der Waals surface area contributed by atoms with Crippen LogP contribution < -0.4 is 16.2 Å². The summed E-state index contributed by atoms with van der Waals surface area (Å²) in [5.41, 5.74) is 16.7. The molecule has 5 aliphatic carbocycles. The van der Waals surface area contributed by atoms with Crippen LogP contribution in [0.15, 0.2) is 34.4 Å². The van der Waals surface area contributed by atoms with Gasteiger partial charge in [0.15, 0.2) is 23.2 Å². The molecule has 8 nitrogen and oxygen atoms in total. The Bertz CT molecular complexity index is 1540. The minimum absolute atomic E-state index is 0.00696. The van der Waals surface area contributed by atoms with Crippen molar-refractivity contribution < 1.29 is 24.5 Å². The standard InChI is InChI=1S/C43H61N3O5/c1-27-14-17-30-22-32-23-33(46-43(44)45)10-7-13-36-31(18-19-34(48)21-29(25-47)16-15-28-8-3-4-9-28)24-39(51-35-11-5-6-12-35)42(49)41(36)40(37(30)20-27)38(32)26-50-2/h21-22,24,27-28,32-33,35,37-38,40,47,49H,3-6,8-12,14-20,23,25-26H2,1-2H3,(H4,44,45,46). The first-order valence-electron chi connectivity index (χ1n) is 19.9. The monoisotopic (exact) mass is 699 g/mol. The van der Waals surface area contributed by atoms with E-state index in [1.165, 1.54) is 31.3 Å². The first kappa shape index (κ1) is 37.5. The second kappa shape index (κ2) is 17.5. The predicted octanol–water partition coefficient (Wildman–Crippen LogP) is 7.23. The molecule has 0 aliphatic heterocycles. The lowest BCUT2D eigenvalue weighted by Crippen LogP contribution is -2.39. The molecule has 278 valence electrons. The number of aliphatic hydroxyl groups is 1. The third-order valence-corrected chi connectivity index (χ3v) is 12.6. The number of guanidine groups is 1. The summed E-state index contributed by atoms with van der Waals surface area (Å²) in [4.78, 5) is 18.1. The maximum Gasteiger partial charge on any atom is 0.186 e. The Morgan fingerprint density at radius 1 is 1.08 bits per heavy atom. The number of carbonyl (C=O) groups excluding carboxylic acids is 1. The summed E-state index contributed by atoms with van der Waals surface area (Å²) in [7, 11) is 1.76.